The van der Waals surface area contributed by atoms with Gasteiger partial charge in [-0.05, 0) is 17.5 Å². The van der Waals surface area contributed by atoms with Gasteiger partial charge in [-0.15, -0.1) is 0 Å². The highest BCUT2D eigenvalue weighted by molar-refractivity contribution is 5.64. The highest BCUT2D eigenvalue weighted by Gasteiger charge is 2.08. The second-order valence-corrected chi connectivity index (χ2v) is 3.89. The molecule has 2 rings (SSSR count). The number of hydrogen-bond acceptors (Lipinski definition) is 0. The highest BCUT2D eigenvalue weighted by atomic mass is 19.1. The van der Waals surface area contributed by atoms with Gasteiger partial charge in [-0.1, -0.05) is 61.9 Å². The van der Waals surface area contributed by atoms with Crippen molar-refractivity contribution in [2.75, 3.05) is 0 Å². The molecule has 0 spiro atoms. The molecule has 0 heterocycles. The quantitative estimate of drug-likeness (QED) is 0.708. The van der Waals surface area contributed by atoms with Crippen molar-refractivity contribution >= 4 is 0 Å². The molecule has 0 aliphatic carbocycles. The zero-order chi connectivity index (χ0) is 11.4. The SMILES string of the molecule is CCCc1cccc(-c2ccccc2)c1F. The second-order valence-electron chi connectivity index (χ2n) is 3.89. The molecule has 0 aliphatic heterocycles. The van der Waals surface area contributed by atoms with E-state index in [9.17, 15) is 4.39 Å². The molecule has 0 fully saturated rings. The zero-order valence-corrected chi connectivity index (χ0v) is 9.41. The number of benzene rings is 2. The first-order chi connectivity index (χ1) is 7.83. The van der Waals surface area contributed by atoms with E-state index < -0.39 is 0 Å². The highest BCUT2D eigenvalue weighted by Crippen LogP contribution is 2.25. The molecule has 16 heavy (non-hydrogen) atoms. The lowest BCUT2D eigenvalue weighted by atomic mass is 10.0. The fourth-order valence-corrected chi connectivity index (χ4v) is 1.88. The number of hydrogen-bond donors (Lipinski definition) is 0. The molecule has 0 bridgehead atoms. The van der Waals surface area contributed by atoms with Crippen LogP contribution in [0.1, 0.15) is 18.9 Å². The molecule has 0 atom stereocenters. The maximum Gasteiger partial charge on any atom is 0.134 e. The Morgan fingerprint density at radius 3 is 2.38 bits per heavy atom. The molecule has 82 valence electrons. The Hall–Kier alpha value is -1.63. The van der Waals surface area contributed by atoms with Crippen molar-refractivity contribution in [1.82, 2.24) is 0 Å². The van der Waals surface area contributed by atoms with Gasteiger partial charge in [0, 0.05) is 5.56 Å². The molecule has 0 aromatic heterocycles. The molecule has 0 nitrogen and oxygen atoms in total. The van der Waals surface area contributed by atoms with Crippen LogP contribution in [0.2, 0.25) is 0 Å². The minimum Gasteiger partial charge on any atom is -0.206 e. The van der Waals surface area contributed by atoms with Gasteiger partial charge >= 0.3 is 0 Å². The second kappa shape index (κ2) is 4.93. The van der Waals surface area contributed by atoms with Crippen LogP contribution in [0.4, 0.5) is 4.39 Å². The first-order valence-electron chi connectivity index (χ1n) is 5.65. The standard InChI is InChI=1S/C15H15F/c1-2-7-13-10-6-11-14(15(13)16)12-8-4-3-5-9-12/h3-6,8-11H,2,7H2,1H3. The van der Waals surface area contributed by atoms with Crippen molar-refractivity contribution in [3.63, 3.8) is 0 Å². The summed E-state index contributed by atoms with van der Waals surface area (Å²) < 4.78 is 14.1. The van der Waals surface area contributed by atoms with Crippen molar-refractivity contribution in [3.05, 3.63) is 59.9 Å². The normalized spacial score (nSPS) is 10.4. The predicted molar refractivity (Wildman–Crippen MR) is 65.8 cm³/mol. The van der Waals surface area contributed by atoms with Gasteiger partial charge < -0.3 is 0 Å². The summed E-state index contributed by atoms with van der Waals surface area (Å²) in [6.07, 6.45) is 1.77. The van der Waals surface area contributed by atoms with Crippen LogP contribution < -0.4 is 0 Å². The molecule has 2 aromatic carbocycles. The Labute approximate surface area is 95.7 Å². The molecular weight excluding hydrogens is 199 g/mol. The molecule has 0 unspecified atom stereocenters. The lowest BCUT2D eigenvalue weighted by Gasteiger charge is -2.07. The monoisotopic (exact) mass is 214 g/mol. The Balaban J connectivity index is 2.46. The summed E-state index contributed by atoms with van der Waals surface area (Å²) in [4.78, 5) is 0. The van der Waals surface area contributed by atoms with E-state index in [4.69, 9.17) is 0 Å². The Bertz CT molecular complexity index is 460. The third-order valence-electron chi connectivity index (χ3n) is 2.68. The third kappa shape index (κ3) is 2.13. The van der Waals surface area contributed by atoms with Gasteiger partial charge in [-0.3, -0.25) is 0 Å². The third-order valence-corrected chi connectivity index (χ3v) is 2.68. The summed E-state index contributed by atoms with van der Waals surface area (Å²) in [5.41, 5.74) is 2.45. The van der Waals surface area contributed by atoms with Crippen LogP contribution in [0.3, 0.4) is 0 Å². The van der Waals surface area contributed by atoms with Crippen LogP contribution in [0.15, 0.2) is 48.5 Å². The molecule has 0 aliphatic rings. The molecule has 0 amide bonds. The van der Waals surface area contributed by atoms with E-state index >= 15 is 0 Å². The molecule has 0 N–H and O–H groups in total. The van der Waals surface area contributed by atoms with Gasteiger partial charge in [0.15, 0.2) is 0 Å². The minimum absolute atomic E-state index is 0.0736. The average Bonchev–Trinajstić information content (AvgIpc) is 2.33. The van der Waals surface area contributed by atoms with Crippen molar-refractivity contribution in [3.8, 4) is 11.1 Å². The van der Waals surface area contributed by atoms with Crippen molar-refractivity contribution < 1.29 is 4.39 Å². The molecular formula is C15H15F. The smallest absolute Gasteiger partial charge is 0.134 e. The van der Waals surface area contributed by atoms with Crippen LogP contribution in [0.25, 0.3) is 11.1 Å². The van der Waals surface area contributed by atoms with Crippen molar-refractivity contribution in [2.45, 2.75) is 19.8 Å². The van der Waals surface area contributed by atoms with E-state index in [1.165, 1.54) is 0 Å². The maximum atomic E-state index is 14.1. The topological polar surface area (TPSA) is 0 Å². The Morgan fingerprint density at radius 1 is 0.938 bits per heavy atom. The summed E-state index contributed by atoms with van der Waals surface area (Å²) in [7, 11) is 0. The largest absolute Gasteiger partial charge is 0.206 e. The summed E-state index contributed by atoms with van der Waals surface area (Å²) in [6.45, 7) is 2.06. The minimum atomic E-state index is -0.0736. The molecule has 0 saturated heterocycles. The first kappa shape index (κ1) is 10.9. The first-order valence-corrected chi connectivity index (χ1v) is 5.65. The van der Waals surface area contributed by atoms with Gasteiger partial charge in [-0.2, -0.15) is 0 Å². The van der Waals surface area contributed by atoms with Crippen LogP contribution in [-0.4, -0.2) is 0 Å². The molecule has 0 saturated carbocycles. The van der Waals surface area contributed by atoms with E-state index in [0.29, 0.717) is 5.56 Å². The van der Waals surface area contributed by atoms with E-state index in [1.54, 1.807) is 0 Å². The predicted octanol–water partition coefficient (Wildman–Crippen LogP) is 4.45. The fraction of sp³-hybridized carbons (Fsp3) is 0.200. The van der Waals surface area contributed by atoms with Gasteiger partial charge in [0.1, 0.15) is 5.82 Å². The van der Waals surface area contributed by atoms with Crippen molar-refractivity contribution in [2.24, 2.45) is 0 Å². The summed E-state index contributed by atoms with van der Waals surface area (Å²) in [6, 6.07) is 15.3. The Kier molecular flexibility index (Phi) is 3.35. The van der Waals surface area contributed by atoms with E-state index in [-0.39, 0.29) is 5.82 Å². The van der Waals surface area contributed by atoms with Crippen LogP contribution in [-0.2, 0) is 6.42 Å². The van der Waals surface area contributed by atoms with Gasteiger partial charge in [0.05, 0.1) is 0 Å². The number of rotatable bonds is 3. The van der Waals surface area contributed by atoms with Gasteiger partial charge in [0.25, 0.3) is 0 Å². The summed E-state index contributed by atoms with van der Waals surface area (Å²) >= 11 is 0. The Morgan fingerprint density at radius 2 is 1.69 bits per heavy atom. The molecule has 0 radical (unpaired) electrons. The fourth-order valence-electron chi connectivity index (χ4n) is 1.88. The lowest BCUT2D eigenvalue weighted by molar-refractivity contribution is 0.611. The lowest BCUT2D eigenvalue weighted by Crippen LogP contribution is -1.92. The summed E-state index contributed by atoms with van der Waals surface area (Å²) in [5.74, 6) is -0.0736. The maximum absolute atomic E-state index is 14.1. The van der Waals surface area contributed by atoms with Crippen LogP contribution in [0, 0.1) is 5.82 Å². The number of aryl methyl sites for hydroxylation is 1. The zero-order valence-electron chi connectivity index (χ0n) is 9.41. The number of halogens is 1. The van der Waals surface area contributed by atoms with E-state index in [1.807, 2.05) is 48.5 Å². The van der Waals surface area contributed by atoms with E-state index in [0.717, 1.165) is 24.0 Å². The van der Waals surface area contributed by atoms with Gasteiger partial charge in [-0.25, -0.2) is 4.39 Å². The van der Waals surface area contributed by atoms with Crippen molar-refractivity contribution in [1.29, 1.82) is 0 Å². The van der Waals surface area contributed by atoms with Crippen LogP contribution in [0.5, 0.6) is 0 Å². The molecule has 2 aromatic rings. The van der Waals surface area contributed by atoms with Crippen LogP contribution >= 0.6 is 0 Å². The average molecular weight is 214 g/mol. The molecule has 1 heteroatoms. The van der Waals surface area contributed by atoms with E-state index in [2.05, 4.69) is 6.92 Å². The summed E-state index contributed by atoms with van der Waals surface area (Å²) in [5, 5.41) is 0. The van der Waals surface area contributed by atoms with Gasteiger partial charge in [0.2, 0.25) is 0 Å².